The Hall–Kier alpha value is -0.730. The Bertz CT molecular complexity index is 106. The van der Waals surface area contributed by atoms with Crippen LogP contribution in [0, 0.1) is 0 Å². The molecular formula is C5H12N4. The number of nitrogens with one attached hydrogen (secondary N) is 1. The molecule has 0 aromatic heterocycles. The predicted octanol–water partition coefficient (Wildman–Crippen LogP) is 1.29. The van der Waals surface area contributed by atoms with Gasteiger partial charge in [-0.05, 0) is 25.5 Å². The summed E-state index contributed by atoms with van der Waals surface area (Å²) in [4.78, 5) is 2.69. The molecule has 0 spiro atoms. The largest absolute Gasteiger partial charge is 0.320 e. The maximum absolute atomic E-state index is 7.97. The van der Waals surface area contributed by atoms with Crippen LogP contribution in [0.25, 0.3) is 10.4 Å². The van der Waals surface area contributed by atoms with Crippen molar-refractivity contribution in [3.05, 3.63) is 10.4 Å². The average molecular weight is 128 g/mol. The minimum absolute atomic E-state index is 0.113. The lowest BCUT2D eigenvalue weighted by atomic mass is 10.2. The molecule has 0 heterocycles. The van der Waals surface area contributed by atoms with Gasteiger partial charge in [-0.25, -0.2) is 0 Å². The van der Waals surface area contributed by atoms with E-state index in [1.807, 2.05) is 14.0 Å². The summed E-state index contributed by atoms with van der Waals surface area (Å²) in [5.41, 5.74) is 7.97. The second kappa shape index (κ2) is 5.41. The maximum atomic E-state index is 7.97. The molecule has 0 rings (SSSR count). The predicted molar refractivity (Wildman–Crippen MR) is 37.2 cm³/mol. The second-order valence-electron chi connectivity index (χ2n) is 1.95. The minimum Gasteiger partial charge on any atom is -0.320 e. The van der Waals surface area contributed by atoms with Gasteiger partial charge in [-0.1, -0.05) is 12.0 Å². The molecule has 0 saturated heterocycles. The third-order valence-electron chi connectivity index (χ3n) is 1.06. The summed E-state index contributed by atoms with van der Waals surface area (Å²) >= 11 is 0. The molecule has 0 aliphatic rings. The van der Waals surface area contributed by atoms with E-state index in [1.165, 1.54) is 0 Å². The maximum Gasteiger partial charge on any atom is 0.0357 e. The number of rotatable bonds is 4. The van der Waals surface area contributed by atoms with Crippen molar-refractivity contribution in [2.45, 2.75) is 19.4 Å². The van der Waals surface area contributed by atoms with Crippen molar-refractivity contribution >= 4 is 0 Å². The monoisotopic (exact) mass is 128 g/mol. The molecule has 0 aliphatic carbocycles. The minimum atomic E-state index is 0.113. The highest BCUT2D eigenvalue weighted by Gasteiger charge is 1.94. The van der Waals surface area contributed by atoms with Crippen LogP contribution in [0.3, 0.4) is 0 Å². The van der Waals surface area contributed by atoms with Crippen LogP contribution in [-0.4, -0.2) is 19.6 Å². The van der Waals surface area contributed by atoms with Crippen molar-refractivity contribution in [1.29, 1.82) is 0 Å². The SMILES string of the molecule is CNCCC(C)N=[N+]=[N-]. The molecule has 0 radical (unpaired) electrons. The lowest BCUT2D eigenvalue weighted by Crippen LogP contribution is -2.12. The third kappa shape index (κ3) is 5.14. The summed E-state index contributed by atoms with van der Waals surface area (Å²) in [6, 6.07) is 0.113. The Morgan fingerprint density at radius 2 is 2.44 bits per heavy atom. The van der Waals surface area contributed by atoms with E-state index in [0.29, 0.717) is 0 Å². The van der Waals surface area contributed by atoms with Crippen LogP contribution in [0.15, 0.2) is 5.11 Å². The van der Waals surface area contributed by atoms with Crippen molar-refractivity contribution in [2.24, 2.45) is 5.11 Å². The molecule has 0 aliphatic heterocycles. The first kappa shape index (κ1) is 8.27. The first-order chi connectivity index (χ1) is 4.31. The molecule has 0 aromatic carbocycles. The molecule has 0 aromatic rings. The first-order valence-electron chi connectivity index (χ1n) is 3.00. The number of nitrogens with zero attached hydrogens (tertiary/aromatic N) is 3. The molecule has 9 heavy (non-hydrogen) atoms. The van der Waals surface area contributed by atoms with E-state index in [1.54, 1.807) is 0 Å². The Morgan fingerprint density at radius 3 is 2.89 bits per heavy atom. The van der Waals surface area contributed by atoms with Gasteiger partial charge in [0, 0.05) is 11.0 Å². The highest BCUT2D eigenvalue weighted by Crippen LogP contribution is 1.93. The second-order valence-corrected chi connectivity index (χ2v) is 1.95. The van der Waals surface area contributed by atoms with E-state index in [0.717, 1.165) is 13.0 Å². The van der Waals surface area contributed by atoms with Crippen molar-refractivity contribution in [1.82, 2.24) is 5.32 Å². The summed E-state index contributed by atoms with van der Waals surface area (Å²) in [7, 11) is 1.88. The lowest BCUT2D eigenvalue weighted by Gasteiger charge is -2.00. The van der Waals surface area contributed by atoms with Gasteiger partial charge >= 0.3 is 0 Å². The van der Waals surface area contributed by atoms with Crippen LogP contribution < -0.4 is 5.32 Å². The molecule has 4 heteroatoms. The van der Waals surface area contributed by atoms with E-state index in [9.17, 15) is 0 Å². The molecule has 1 N–H and O–H groups in total. The van der Waals surface area contributed by atoms with Crippen LogP contribution >= 0.6 is 0 Å². The average Bonchev–Trinajstić information content (AvgIpc) is 1.85. The van der Waals surface area contributed by atoms with Gasteiger partial charge in [-0.15, -0.1) is 0 Å². The van der Waals surface area contributed by atoms with Crippen LogP contribution in [-0.2, 0) is 0 Å². The van der Waals surface area contributed by atoms with E-state index < -0.39 is 0 Å². The Kier molecular flexibility index (Phi) is 4.97. The summed E-state index contributed by atoms with van der Waals surface area (Å²) in [6.45, 7) is 2.80. The Morgan fingerprint density at radius 1 is 1.78 bits per heavy atom. The van der Waals surface area contributed by atoms with Crippen LogP contribution in [0.5, 0.6) is 0 Å². The highest BCUT2D eigenvalue weighted by molar-refractivity contribution is 4.60. The number of hydrogen-bond acceptors (Lipinski definition) is 2. The fourth-order valence-corrected chi connectivity index (χ4v) is 0.499. The first-order valence-corrected chi connectivity index (χ1v) is 3.00. The van der Waals surface area contributed by atoms with Gasteiger partial charge in [0.25, 0.3) is 0 Å². The van der Waals surface area contributed by atoms with Gasteiger partial charge in [-0.3, -0.25) is 0 Å². The molecule has 0 fully saturated rings. The molecule has 1 unspecified atom stereocenters. The van der Waals surface area contributed by atoms with Crippen molar-refractivity contribution in [3.8, 4) is 0 Å². The zero-order valence-corrected chi connectivity index (χ0v) is 5.83. The Balaban J connectivity index is 3.26. The van der Waals surface area contributed by atoms with Crippen molar-refractivity contribution in [2.75, 3.05) is 13.6 Å². The molecule has 0 bridgehead atoms. The lowest BCUT2D eigenvalue weighted by molar-refractivity contribution is 0.625. The number of azide groups is 1. The van der Waals surface area contributed by atoms with Crippen LogP contribution in [0.4, 0.5) is 0 Å². The van der Waals surface area contributed by atoms with E-state index in [2.05, 4.69) is 15.3 Å². The molecule has 0 amide bonds. The molecule has 1 atom stereocenters. The molecule has 52 valence electrons. The molecule has 0 saturated carbocycles. The topological polar surface area (TPSA) is 60.8 Å². The van der Waals surface area contributed by atoms with Crippen LogP contribution in [0.1, 0.15) is 13.3 Å². The quantitative estimate of drug-likeness (QED) is 0.346. The standard InChI is InChI=1S/C5H12N4/c1-5(8-9-6)3-4-7-2/h5,7H,3-4H2,1-2H3. The zero-order valence-electron chi connectivity index (χ0n) is 5.83. The fourth-order valence-electron chi connectivity index (χ4n) is 0.499. The van der Waals surface area contributed by atoms with Gasteiger partial charge in [0.05, 0.1) is 0 Å². The van der Waals surface area contributed by atoms with Gasteiger partial charge in [0.1, 0.15) is 0 Å². The van der Waals surface area contributed by atoms with Crippen LogP contribution in [0.2, 0.25) is 0 Å². The van der Waals surface area contributed by atoms with Gasteiger partial charge < -0.3 is 5.32 Å². The van der Waals surface area contributed by atoms with Crippen molar-refractivity contribution in [3.63, 3.8) is 0 Å². The summed E-state index contributed by atoms with van der Waals surface area (Å²) in [5.74, 6) is 0. The normalized spacial score (nSPS) is 12.2. The summed E-state index contributed by atoms with van der Waals surface area (Å²) < 4.78 is 0. The summed E-state index contributed by atoms with van der Waals surface area (Å²) in [6.07, 6.45) is 0.903. The Labute approximate surface area is 54.9 Å². The van der Waals surface area contributed by atoms with Gasteiger partial charge in [-0.2, -0.15) is 0 Å². The smallest absolute Gasteiger partial charge is 0.0357 e. The third-order valence-corrected chi connectivity index (χ3v) is 1.06. The fraction of sp³-hybridized carbons (Fsp3) is 1.00. The van der Waals surface area contributed by atoms with E-state index in [4.69, 9.17) is 5.53 Å². The molecule has 4 nitrogen and oxygen atoms in total. The highest BCUT2D eigenvalue weighted by atomic mass is 15.1. The molecular weight excluding hydrogens is 116 g/mol. The zero-order chi connectivity index (χ0) is 7.11. The number of hydrogen-bond donors (Lipinski definition) is 1. The van der Waals surface area contributed by atoms with Gasteiger partial charge in [0.2, 0.25) is 0 Å². The van der Waals surface area contributed by atoms with E-state index >= 15 is 0 Å². The van der Waals surface area contributed by atoms with Gasteiger partial charge in [0.15, 0.2) is 0 Å². The summed E-state index contributed by atoms with van der Waals surface area (Å²) in [5, 5.41) is 6.48. The van der Waals surface area contributed by atoms with Crippen molar-refractivity contribution < 1.29 is 0 Å². The van der Waals surface area contributed by atoms with E-state index in [-0.39, 0.29) is 6.04 Å².